The Hall–Kier alpha value is -3.41. The molecule has 0 bridgehead atoms. The highest BCUT2D eigenvalue weighted by Crippen LogP contribution is 2.27. The highest BCUT2D eigenvalue weighted by molar-refractivity contribution is 7.93. The maximum absolute atomic E-state index is 13.3. The standard InChI is InChI=1S/C24H22ClN5O4S2/c1-16(29-9-7-17-5-6-18(25)13-21(17)29)23(32)28-10-11-30(22(31)15-28)19-3-2-4-20(14-19)36(33,34)27-24-26-8-12-35-24/h2-9,12-14,16H,10-11,15H2,1H3,(H,26,27)/t16-/m0/s1. The number of hydrogen-bond acceptors (Lipinski definition) is 6. The highest BCUT2D eigenvalue weighted by atomic mass is 35.5. The molecule has 1 N–H and O–H groups in total. The van der Waals surface area contributed by atoms with Gasteiger partial charge in [-0.25, -0.2) is 13.4 Å². The first-order valence-corrected chi connectivity index (χ1v) is 13.8. The van der Waals surface area contributed by atoms with E-state index in [0.717, 1.165) is 10.9 Å². The van der Waals surface area contributed by atoms with E-state index in [1.165, 1.54) is 39.5 Å². The van der Waals surface area contributed by atoms with Gasteiger partial charge in [-0.15, -0.1) is 11.3 Å². The lowest BCUT2D eigenvalue weighted by atomic mass is 10.2. The van der Waals surface area contributed by atoms with Crippen LogP contribution in [0.1, 0.15) is 13.0 Å². The van der Waals surface area contributed by atoms with Gasteiger partial charge in [0.05, 0.1) is 10.4 Å². The molecular weight excluding hydrogens is 522 g/mol. The number of amides is 2. The van der Waals surface area contributed by atoms with Crippen molar-refractivity contribution in [1.82, 2.24) is 14.5 Å². The first kappa shape index (κ1) is 24.3. The number of hydrogen-bond donors (Lipinski definition) is 1. The van der Waals surface area contributed by atoms with Crippen LogP contribution in [0.25, 0.3) is 10.9 Å². The Bertz CT molecular complexity index is 1550. The van der Waals surface area contributed by atoms with Crippen molar-refractivity contribution in [3.63, 3.8) is 0 Å². The SMILES string of the molecule is C[C@@H](C(=O)N1CCN(c2cccc(S(=O)(=O)Nc3nccs3)c2)C(=O)C1)n1ccc2ccc(Cl)cc21. The first-order chi connectivity index (χ1) is 17.2. The van der Waals surface area contributed by atoms with Crippen LogP contribution < -0.4 is 9.62 Å². The molecule has 0 aliphatic carbocycles. The van der Waals surface area contributed by atoms with Crippen molar-refractivity contribution in [2.45, 2.75) is 17.9 Å². The summed E-state index contributed by atoms with van der Waals surface area (Å²) >= 11 is 7.32. The van der Waals surface area contributed by atoms with Gasteiger partial charge >= 0.3 is 0 Å². The number of thiazole rings is 1. The molecule has 2 aromatic carbocycles. The maximum Gasteiger partial charge on any atom is 0.263 e. The molecule has 1 aliphatic heterocycles. The summed E-state index contributed by atoms with van der Waals surface area (Å²) in [6.07, 6.45) is 3.35. The number of nitrogens with zero attached hydrogens (tertiary/aromatic N) is 4. The van der Waals surface area contributed by atoms with E-state index >= 15 is 0 Å². The molecule has 3 heterocycles. The van der Waals surface area contributed by atoms with Crippen molar-refractivity contribution < 1.29 is 18.0 Å². The number of fused-ring (bicyclic) bond motifs is 1. The van der Waals surface area contributed by atoms with Gasteiger partial charge in [0.1, 0.15) is 12.6 Å². The quantitative estimate of drug-likeness (QED) is 0.396. The lowest BCUT2D eigenvalue weighted by Crippen LogP contribution is -2.53. The lowest BCUT2D eigenvalue weighted by molar-refractivity contribution is -0.139. The van der Waals surface area contributed by atoms with Crippen LogP contribution in [-0.4, -0.2) is 54.3 Å². The van der Waals surface area contributed by atoms with Crippen LogP contribution >= 0.6 is 22.9 Å². The molecule has 1 aliphatic rings. The molecule has 1 atom stereocenters. The van der Waals surface area contributed by atoms with Crippen molar-refractivity contribution in [1.29, 1.82) is 0 Å². The van der Waals surface area contributed by atoms with Crippen molar-refractivity contribution in [2.24, 2.45) is 0 Å². The molecule has 0 unspecified atom stereocenters. The molecule has 186 valence electrons. The Morgan fingerprint density at radius 1 is 1.17 bits per heavy atom. The second-order valence-corrected chi connectivity index (χ2v) is 11.4. The van der Waals surface area contributed by atoms with Crippen LogP contribution in [0.2, 0.25) is 5.02 Å². The molecule has 1 fully saturated rings. The number of carbonyl (C=O) groups is 2. The average molecular weight is 544 g/mol. The summed E-state index contributed by atoms with van der Waals surface area (Å²) in [6.45, 7) is 2.27. The van der Waals surface area contributed by atoms with Crippen LogP contribution in [-0.2, 0) is 19.6 Å². The van der Waals surface area contributed by atoms with Crippen LogP contribution in [0.5, 0.6) is 0 Å². The van der Waals surface area contributed by atoms with E-state index in [1.807, 2.05) is 29.0 Å². The Labute approximate surface area is 217 Å². The third-order valence-electron chi connectivity index (χ3n) is 6.09. The van der Waals surface area contributed by atoms with E-state index in [4.69, 9.17) is 11.6 Å². The number of halogens is 1. The second kappa shape index (κ2) is 9.57. The minimum Gasteiger partial charge on any atom is -0.335 e. The summed E-state index contributed by atoms with van der Waals surface area (Å²) in [5, 5.41) is 3.48. The van der Waals surface area contributed by atoms with Gasteiger partial charge in [0, 0.05) is 41.6 Å². The van der Waals surface area contributed by atoms with Crippen molar-refractivity contribution >= 4 is 66.5 Å². The van der Waals surface area contributed by atoms with Gasteiger partial charge in [0.25, 0.3) is 10.0 Å². The highest BCUT2D eigenvalue weighted by Gasteiger charge is 2.31. The molecule has 1 saturated heterocycles. The molecule has 0 radical (unpaired) electrons. The van der Waals surface area contributed by atoms with Crippen molar-refractivity contribution in [3.8, 4) is 0 Å². The Morgan fingerprint density at radius 2 is 2.00 bits per heavy atom. The van der Waals surface area contributed by atoms with Gasteiger partial charge in [0.15, 0.2) is 5.13 Å². The van der Waals surface area contributed by atoms with Crippen LogP contribution in [0, 0.1) is 0 Å². The van der Waals surface area contributed by atoms with E-state index in [0.29, 0.717) is 17.3 Å². The molecule has 5 rings (SSSR count). The number of anilines is 2. The minimum absolute atomic E-state index is 0.0216. The number of piperazine rings is 1. The van der Waals surface area contributed by atoms with E-state index in [1.54, 1.807) is 30.5 Å². The largest absolute Gasteiger partial charge is 0.335 e. The van der Waals surface area contributed by atoms with Crippen LogP contribution in [0.4, 0.5) is 10.8 Å². The predicted octanol–water partition coefficient (Wildman–Crippen LogP) is 3.99. The molecule has 4 aromatic rings. The van der Waals surface area contributed by atoms with Gasteiger partial charge in [-0.05, 0) is 48.7 Å². The summed E-state index contributed by atoms with van der Waals surface area (Å²) in [5.74, 6) is -0.464. The van der Waals surface area contributed by atoms with Crippen LogP contribution in [0.3, 0.4) is 0 Å². The fourth-order valence-electron chi connectivity index (χ4n) is 4.24. The molecular formula is C24H22ClN5O4S2. The average Bonchev–Trinajstić information content (AvgIpc) is 3.52. The zero-order chi connectivity index (χ0) is 25.4. The first-order valence-electron chi connectivity index (χ1n) is 11.1. The molecule has 12 heteroatoms. The van der Waals surface area contributed by atoms with Gasteiger partial charge in [0.2, 0.25) is 11.8 Å². The van der Waals surface area contributed by atoms with Crippen LogP contribution in [0.15, 0.2) is 71.2 Å². The third kappa shape index (κ3) is 4.69. The molecule has 2 aromatic heterocycles. The van der Waals surface area contributed by atoms with Crippen molar-refractivity contribution in [2.75, 3.05) is 29.3 Å². The summed E-state index contributed by atoms with van der Waals surface area (Å²) in [5.41, 5.74) is 1.30. The fraction of sp³-hybridized carbons (Fsp3) is 0.208. The third-order valence-corrected chi connectivity index (χ3v) is 8.48. The number of benzene rings is 2. The number of nitrogens with one attached hydrogen (secondary N) is 1. The summed E-state index contributed by atoms with van der Waals surface area (Å²) in [7, 11) is -3.86. The Balaban J connectivity index is 1.30. The number of rotatable bonds is 6. The summed E-state index contributed by atoms with van der Waals surface area (Å²) in [4.78, 5) is 33.3. The second-order valence-electron chi connectivity index (χ2n) is 8.35. The smallest absolute Gasteiger partial charge is 0.263 e. The lowest BCUT2D eigenvalue weighted by Gasteiger charge is -2.36. The predicted molar refractivity (Wildman–Crippen MR) is 140 cm³/mol. The fourth-order valence-corrected chi connectivity index (χ4v) is 6.24. The summed E-state index contributed by atoms with van der Waals surface area (Å²) < 4.78 is 29.8. The van der Waals surface area contributed by atoms with E-state index < -0.39 is 16.1 Å². The molecule has 36 heavy (non-hydrogen) atoms. The molecule has 9 nitrogen and oxygen atoms in total. The van der Waals surface area contributed by atoms with Gasteiger partial charge in [-0.2, -0.15) is 0 Å². The summed E-state index contributed by atoms with van der Waals surface area (Å²) in [6, 6.07) is 13.1. The zero-order valence-electron chi connectivity index (χ0n) is 19.2. The number of carbonyl (C=O) groups excluding carboxylic acids is 2. The Kier molecular flexibility index (Phi) is 6.45. The van der Waals surface area contributed by atoms with E-state index in [-0.39, 0.29) is 34.9 Å². The van der Waals surface area contributed by atoms with E-state index in [9.17, 15) is 18.0 Å². The maximum atomic E-state index is 13.3. The normalized spacial score (nSPS) is 15.3. The van der Waals surface area contributed by atoms with Gasteiger partial charge in [-0.3, -0.25) is 14.3 Å². The topological polar surface area (TPSA) is 105 Å². The number of sulfonamides is 1. The van der Waals surface area contributed by atoms with Crippen molar-refractivity contribution in [3.05, 3.63) is 71.3 Å². The van der Waals surface area contributed by atoms with E-state index in [2.05, 4.69) is 9.71 Å². The molecule has 0 saturated carbocycles. The molecule has 2 amide bonds. The zero-order valence-corrected chi connectivity index (χ0v) is 21.6. The Morgan fingerprint density at radius 3 is 2.75 bits per heavy atom. The number of aromatic nitrogens is 2. The minimum atomic E-state index is -3.86. The van der Waals surface area contributed by atoms with Gasteiger partial charge in [-0.1, -0.05) is 23.7 Å². The molecule has 0 spiro atoms. The van der Waals surface area contributed by atoms with Gasteiger partial charge < -0.3 is 14.4 Å². The monoisotopic (exact) mass is 543 g/mol.